The van der Waals surface area contributed by atoms with Crippen molar-refractivity contribution in [1.29, 1.82) is 0 Å². The van der Waals surface area contributed by atoms with Crippen molar-refractivity contribution in [2.45, 2.75) is 78.6 Å². The van der Waals surface area contributed by atoms with Gasteiger partial charge in [0.2, 0.25) is 0 Å². The summed E-state index contributed by atoms with van der Waals surface area (Å²) in [6.45, 7) is 14.3. The predicted molar refractivity (Wildman–Crippen MR) is 159 cm³/mol. The van der Waals surface area contributed by atoms with E-state index in [4.69, 9.17) is 20.9 Å². The number of thiophene rings is 1. The summed E-state index contributed by atoms with van der Waals surface area (Å²) in [7, 11) is 0. The van der Waals surface area contributed by atoms with Gasteiger partial charge >= 0.3 is 0 Å². The molecule has 6 nitrogen and oxygen atoms in total. The number of hydrogen-bond acceptors (Lipinski definition) is 6. The van der Waals surface area contributed by atoms with Crippen LogP contribution in [-0.4, -0.2) is 18.1 Å². The minimum Gasteiger partial charge on any atom is -0.491 e. The molecule has 1 heterocycles. The van der Waals surface area contributed by atoms with Gasteiger partial charge in [0.1, 0.15) is 27.5 Å². The normalized spacial score (nSPS) is 13.4. The Bertz CT molecular complexity index is 1240. The van der Waals surface area contributed by atoms with Crippen molar-refractivity contribution >= 4 is 27.9 Å². The highest BCUT2D eigenvalue weighted by Crippen LogP contribution is 2.42. The van der Waals surface area contributed by atoms with E-state index < -0.39 is 5.91 Å². The molecule has 7 heteroatoms. The molecule has 0 saturated heterocycles. The Hall–Kier alpha value is -3.29. The number of carbonyl (C=O) groups excluding carboxylic acids is 1. The first-order valence-corrected chi connectivity index (χ1v) is 14.1. The number of nitrogens with zero attached hydrogens (tertiary/aromatic N) is 1. The van der Waals surface area contributed by atoms with Crippen molar-refractivity contribution in [2.24, 2.45) is 11.5 Å². The third kappa shape index (κ3) is 7.39. The maximum atomic E-state index is 12.4. The van der Waals surface area contributed by atoms with E-state index in [1.165, 1.54) is 11.3 Å². The van der Waals surface area contributed by atoms with Crippen molar-refractivity contribution in [3.8, 4) is 11.5 Å². The van der Waals surface area contributed by atoms with Gasteiger partial charge in [-0.25, -0.2) is 0 Å². The number of hydrogen-bond donors (Lipinski definition) is 2. The number of benzene rings is 2. The van der Waals surface area contributed by atoms with Gasteiger partial charge in [0.05, 0.1) is 11.8 Å². The second-order valence-electron chi connectivity index (χ2n) is 9.84. The fraction of sp³-hybridized carbons (Fsp3) is 0.387. The SMILES string of the molecule is C=CN(c1cc(OC(C)c2ccccc2C)c(C(N)=O)s1)c1cc(OC(C)CCC(C)N)ccc1CCC. The molecule has 0 saturated carbocycles. The minimum absolute atomic E-state index is 0.0363. The van der Waals surface area contributed by atoms with Crippen LogP contribution in [0.3, 0.4) is 0 Å². The third-order valence-corrected chi connectivity index (χ3v) is 7.59. The molecule has 0 fully saturated rings. The van der Waals surface area contributed by atoms with Gasteiger partial charge in [0.15, 0.2) is 0 Å². The average Bonchev–Trinajstić information content (AvgIpc) is 3.28. The van der Waals surface area contributed by atoms with Crippen LogP contribution in [0.4, 0.5) is 10.7 Å². The van der Waals surface area contributed by atoms with E-state index >= 15 is 0 Å². The van der Waals surface area contributed by atoms with E-state index in [1.807, 2.05) is 68.1 Å². The van der Waals surface area contributed by atoms with Gasteiger partial charge in [-0.2, -0.15) is 0 Å². The Labute approximate surface area is 231 Å². The molecule has 4 N–H and O–H groups in total. The van der Waals surface area contributed by atoms with E-state index in [9.17, 15) is 4.79 Å². The zero-order chi connectivity index (χ0) is 27.8. The Morgan fingerprint density at radius 3 is 2.47 bits per heavy atom. The number of primary amides is 1. The summed E-state index contributed by atoms with van der Waals surface area (Å²) in [4.78, 5) is 14.8. The topological polar surface area (TPSA) is 90.8 Å². The maximum absolute atomic E-state index is 12.4. The van der Waals surface area contributed by atoms with Gasteiger partial charge in [0, 0.05) is 24.4 Å². The largest absolute Gasteiger partial charge is 0.491 e. The van der Waals surface area contributed by atoms with E-state index in [2.05, 4.69) is 26.5 Å². The first kappa shape index (κ1) is 29.3. The Morgan fingerprint density at radius 1 is 1.11 bits per heavy atom. The minimum atomic E-state index is -0.522. The summed E-state index contributed by atoms with van der Waals surface area (Å²) in [5.74, 6) is 0.723. The van der Waals surface area contributed by atoms with Crippen LogP contribution < -0.4 is 25.8 Å². The maximum Gasteiger partial charge on any atom is 0.262 e. The number of nitrogens with two attached hydrogens (primary N) is 2. The molecule has 0 radical (unpaired) electrons. The highest BCUT2D eigenvalue weighted by molar-refractivity contribution is 7.18. The van der Waals surface area contributed by atoms with Crippen molar-refractivity contribution in [2.75, 3.05) is 4.90 Å². The number of anilines is 2. The molecule has 38 heavy (non-hydrogen) atoms. The van der Waals surface area contributed by atoms with Crippen LogP contribution in [0.1, 0.15) is 79.4 Å². The van der Waals surface area contributed by atoms with Crippen LogP contribution >= 0.6 is 11.3 Å². The van der Waals surface area contributed by atoms with Crippen molar-refractivity contribution < 1.29 is 14.3 Å². The lowest BCUT2D eigenvalue weighted by Gasteiger charge is -2.24. The highest BCUT2D eigenvalue weighted by atomic mass is 32.1. The second-order valence-corrected chi connectivity index (χ2v) is 10.9. The van der Waals surface area contributed by atoms with Crippen molar-refractivity contribution in [3.05, 3.63) is 82.9 Å². The molecule has 1 aromatic heterocycles. The number of amides is 1. The number of ether oxygens (including phenoxy) is 2. The van der Waals surface area contributed by atoms with E-state index in [0.717, 1.165) is 58.8 Å². The fourth-order valence-electron chi connectivity index (χ4n) is 4.45. The molecule has 0 bridgehead atoms. The Morgan fingerprint density at radius 2 is 1.84 bits per heavy atom. The van der Waals surface area contributed by atoms with Crippen LogP contribution in [0.25, 0.3) is 0 Å². The predicted octanol–water partition coefficient (Wildman–Crippen LogP) is 7.42. The summed E-state index contributed by atoms with van der Waals surface area (Å²) in [6.07, 6.45) is 5.19. The average molecular weight is 536 g/mol. The molecule has 3 rings (SSSR count). The van der Waals surface area contributed by atoms with Crippen molar-refractivity contribution in [1.82, 2.24) is 0 Å². The molecule has 3 aromatic rings. The second kappa shape index (κ2) is 13.5. The molecular weight excluding hydrogens is 494 g/mol. The van der Waals surface area contributed by atoms with Gasteiger partial charge in [-0.05, 0) is 69.7 Å². The Kier molecular flexibility index (Phi) is 10.4. The first-order chi connectivity index (χ1) is 18.1. The van der Waals surface area contributed by atoms with E-state index in [0.29, 0.717) is 10.6 Å². The lowest BCUT2D eigenvalue weighted by atomic mass is 10.0. The molecule has 1 amide bonds. The van der Waals surface area contributed by atoms with Crippen LogP contribution in [0.15, 0.2) is 61.3 Å². The quantitative estimate of drug-likeness (QED) is 0.224. The van der Waals surface area contributed by atoms with Crippen LogP contribution in [0.5, 0.6) is 11.5 Å². The third-order valence-electron chi connectivity index (χ3n) is 6.46. The lowest BCUT2D eigenvalue weighted by molar-refractivity contribution is 0.0998. The first-order valence-electron chi connectivity index (χ1n) is 13.3. The number of rotatable bonds is 14. The van der Waals surface area contributed by atoms with Gasteiger partial charge in [-0.15, -0.1) is 11.3 Å². The number of carbonyl (C=O) groups is 1. The smallest absolute Gasteiger partial charge is 0.262 e. The Balaban J connectivity index is 1.96. The van der Waals surface area contributed by atoms with Crippen LogP contribution in [0.2, 0.25) is 0 Å². The number of aryl methyl sites for hydroxylation is 2. The molecule has 0 aliphatic heterocycles. The van der Waals surface area contributed by atoms with Crippen molar-refractivity contribution in [3.63, 3.8) is 0 Å². The lowest BCUT2D eigenvalue weighted by Crippen LogP contribution is -2.20. The van der Waals surface area contributed by atoms with Gasteiger partial charge in [-0.1, -0.05) is 50.3 Å². The molecule has 3 unspecified atom stereocenters. The molecule has 204 valence electrons. The molecule has 3 atom stereocenters. The zero-order valence-electron chi connectivity index (χ0n) is 23.2. The van der Waals surface area contributed by atoms with E-state index in [1.54, 1.807) is 6.20 Å². The fourth-order valence-corrected chi connectivity index (χ4v) is 5.41. The van der Waals surface area contributed by atoms with Gasteiger partial charge in [-0.3, -0.25) is 4.79 Å². The summed E-state index contributed by atoms with van der Waals surface area (Å²) in [5, 5.41) is 0.792. The van der Waals surface area contributed by atoms with Crippen LogP contribution in [-0.2, 0) is 6.42 Å². The van der Waals surface area contributed by atoms with Gasteiger partial charge < -0.3 is 25.8 Å². The molecule has 0 aliphatic rings. The summed E-state index contributed by atoms with van der Waals surface area (Å²) < 4.78 is 12.5. The van der Waals surface area contributed by atoms with Gasteiger partial charge in [0.25, 0.3) is 5.91 Å². The van der Waals surface area contributed by atoms with Crippen LogP contribution in [0, 0.1) is 6.92 Å². The molecule has 2 aromatic carbocycles. The highest BCUT2D eigenvalue weighted by Gasteiger charge is 2.23. The summed E-state index contributed by atoms with van der Waals surface area (Å²) >= 11 is 1.29. The zero-order valence-corrected chi connectivity index (χ0v) is 24.0. The molecule has 0 aliphatic carbocycles. The monoisotopic (exact) mass is 535 g/mol. The summed E-state index contributed by atoms with van der Waals surface area (Å²) in [5.41, 5.74) is 16.0. The molecule has 0 spiro atoms. The van der Waals surface area contributed by atoms with E-state index in [-0.39, 0.29) is 18.2 Å². The molecular formula is C31H41N3O3S. The standard InChI is InChI=1S/C31H41N3O3S/c1-7-11-24-16-17-25(36-22(5)15-14-21(4)32)18-27(24)34(8-2)29-19-28(30(38-29)31(33)35)37-23(6)26-13-10-9-12-20(26)3/h8-10,12-13,16-19,21-23H,2,7,11,14-15,32H2,1,3-6H3,(H2,33,35). The summed E-state index contributed by atoms with van der Waals surface area (Å²) in [6, 6.07) is 16.2.